The van der Waals surface area contributed by atoms with Crippen molar-refractivity contribution in [1.29, 1.82) is 0 Å². The van der Waals surface area contributed by atoms with Gasteiger partial charge in [0.25, 0.3) is 0 Å². The zero-order chi connectivity index (χ0) is 13.7. The zero-order valence-electron chi connectivity index (χ0n) is 11.1. The van der Waals surface area contributed by atoms with Crippen molar-refractivity contribution in [3.63, 3.8) is 0 Å². The third-order valence-corrected chi connectivity index (χ3v) is 2.62. The first kappa shape index (κ1) is 13.1. The molecule has 0 fully saturated rings. The van der Waals surface area contributed by atoms with Crippen LogP contribution in [-0.4, -0.2) is 25.5 Å². The molecule has 2 heterocycles. The Bertz CT molecular complexity index is 581. The summed E-state index contributed by atoms with van der Waals surface area (Å²) in [6.45, 7) is 3.28. The second-order valence-electron chi connectivity index (χ2n) is 4.16. The lowest BCUT2D eigenvalue weighted by molar-refractivity contribution is -0.116. The van der Waals surface area contributed by atoms with Crippen LogP contribution in [0.3, 0.4) is 0 Å². The molecular weight excluding hydrogens is 242 g/mol. The maximum absolute atomic E-state index is 11.6. The van der Waals surface area contributed by atoms with Gasteiger partial charge in [0.15, 0.2) is 0 Å². The largest absolute Gasteiger partial charge is 0.347 e. The van der Waals surface area contributed by atoms with Gasteiger partial charge in [-0.15, -0.1) is 0 Å². The average Bonchev–Trinajstić information content (AvgIpc) is 3.02. The normalized spacial score (nSPS) is 11.1. The Morgan fingerprint density at radius 2 is 2.37 bits per heavy atom. The molecule has 0 aliphatic rings. The molecule has 0 aromatic carbocycles. The molecule has 2 aromatic heterocycles. The van der Waals surface area contributed by atoms with E-state index in [0.717, 1.165) is 17.8 Å². The van der Waals surface area contributed by atoms with Crippen molar-refractivity contribution in [2.45, 2.75) is 20.0 Å². The summed E-state index contributed by atoms with van der Waals surface area (Å²) in [6.07, 6.45) is 8.66. The Kier molecular flexibility index (Phi) is 4.12. The van der Waals surface area contributed by atoms with Crippen LogP contribution in [0.5, 0.6) is 0 Å². The summed E-state index contributed by atoms with van der Waals surface area (Å²) >= 11 is 0. The Hall–Kier alpha value is -2.37. The van der Waals surface area contributed by atoms with E-state index in [1.165, 1.54) is 6.08 Å². The van der Waals surface area contributed by atoms with E-state index in [1.54, 1.807) is 17.0 Å². The maximum atomic E-state index is 11.6. The van der Waals surface area contributed by atoms with E-state index in [-0.39, 0.29) is 5.91 Å². The minimum Gasteiger partial charge on any atom is -0.347 e. The summed E-state index contributed by atoms with van der Waals surface area (Å²) < 4.78 is 3.52. The van der Waals surface area contributed by atoms with Crippen molar-refractivity contribution in [3.05, 3.63) is 42.0 Å². The minimum absolute atomic E-state index is 0.144. The summed E-state index contributed by atoms with van der Waals surface area (Å²) in [5.41, 5.74) is 1.75. The second kappa shape index (κ2) is 5.99. The van der Waals surface area contributed by atoms with Crippen LogP contribution in [0.25, 0.3) is 6.08 Å². The van der Waals surface area contributed by atoms with Gasteiger partial charge in [-0.3, -0.25) is 14.2 Å². The van der Waals surface area contributed by atoms with Gasteiger partial charge in [0.2, 0.25) is 5.91 Å². The molecule has 19 heavy (non-hydrogen) atoms. The predicted molar refractivity (Wildman–Crippen MR) is 72.0 cm³/mol. The summed E-state index contributed by atoms with van der Waals surface area (Å²) in [4.78, 5) is 11.6. The maximum Gasteiger partial charge on any atom is 0.244 e. The zero-order valence-corrected chi connectivity index (χ0v) is 11.1. The molecule has 1 amide bonds. The Balaban J connectivity index is 1.82. The van der Waals surface area contributed by atoms with Crippen LogP contribution < -0.4 is 5.32 Å². The summed E-state index contributed by atoms with van der Waals surface area (Å²) in [6, 6.07) is 1.90. The van der Waals surface area contributed by atoms with Crippen LogP contribution in [0.15, 0.2) is 30.7 Å². The second-order valence-corrected chi connectivity index (χ2v) is 4.16. The number of carbonyl (C=O) groups is 1. The molecule has 0 bridgehead atoms. The first-order chi connectivity index (χ1) is 9.17. The Morgan fingerprint density at radius 1 is 1.53 bits per heavy atom. The van der Waals surface area contributed by atoms with Crippen molar-refractivity contribution in [2.24, 2.45) is 7.05 Å². The fourth-order valence-corrected chi connectivity index (χ4v) is 1.61. The molecule has 0 saturated carbocycles. The highest BCUT2D eigenvalue weighted by atomic mass is 16.1. The van der Waals surface area contributed by atoms with Gasteiger partial charge in [-0.1, -0.05) is 0 Å². The lowest BCUT2D eigenvalue weighted by Crippen LogP contribution is -2.20. The molecule has 6 heteroatoms. The van der Waals surface area contributed by atoms with E-state index in [4.69, 9.17) is 0 Å². The van der Waals surface area contributed by atoms with E-state index in [9.17, 15) is 4.79 Å². The Morgan fingerprint density at radius 3 is 3.00 bits per heavy atom. The fraction of sp³-hybridized carbons (Fsp3) is 0.308. The number of nitrogens with one attached hydrogen (secondary N) is 1. The summed E-state index contributed by atoms with van der Waals surface area (Å²) in [7, 11) is 1.83. The van der Waals surface area contributed by atoms with Gasteiger partial charge in [-0.05, 0) is 19.1 Å². The topological polar surface area (TPSA) is 64.7 Å². The summed E-state index contributed by atoms with van der Waals surface area (Å²) in [5.74, 6) is -0.144. The van der Waals surface area contributed by atoms with Crippen molar-refractivity contribution in [1.82, 2.24) is 24.9 Å². The van der Waals surface area contributed by atoms with Crippen molar-refractivity contribution in [2.75, 3.05) is 0 Å². The molecule has 0 saturated heterocycles. The SMILES string of the molecule is CCn1ccc(CNC(=O)/C=C/c2cnn(C)c2)n1. The number of rotatable bonds is 5. The fourth-order valence-electron chi connectivity index (χ4n) is 1.61. The van der Waals surface area contributed by atoms with Gasteiger partial charge >= 0.3 is 0 Å². The lowest BCUT2D eigenvalue weighted by Gasteiger charge is -1.98. The smallest absolute Gasteiger partial charge is 0.244 e. The molecular formula is C13H17N5O. The predicted octanol–water partition coefficient (Wildman–Crippen LogP) is 0.966. The van der Waals surface area contributed by atoms with Crippen LogP contribution in [0.4, 0.5) is 0 Å². The highest BCUT2D eigenvalue weighted by Gasteiger charge is 2.00. The number of amides is 1. The van der Waals surface area contributed by atoms with Crippen LogP contribution in [0.2, 0.25) is 0 Å². The Labute approximate surface area is 111 Å². The van der Waals surface area contributed by atoms with Gasteiger partial charge in [0, 0.05) is 37.6 Å². The number of carbonyl (C=O) groups excluding carboxylic acids is 1. The average molecular weight is 259 g/mol. The number of hydrogen-bond donors (Lipinski definition) is 1. The van der Waals surface area contributed by atoms with Crippen LogP contribution >= 0.6 is 0 Å². The molecule has 0 atom stereocenters. The summed E-state index contributed by atoms with van der Waals surface area (Å²) in [5, 5.41) is 11.1. The van der Waals surface area contributed by atoms with Crippen molar-refractivity contribution < 1.29 is 4.79 Å². The molecule has 6 nitrogen and oxygen atoms in total. The highest BCUT2D eigenvalue weighted by Crippen LogP contribution is 1.99. The van der Waals surface area contributed by atoms with Crippen LogP contribution in [0.1, 0.15) is 18.2 Å². The van der Waals surface area contributed by atoms with Crippen molar-refractivity contribution in [3.8, 4) is 0 Å². The number of hydrogen-bond acceptors (Lipinski definition) is 3. The molecule has 0 radical (unpaired) electrons. The van der Waals surface area contributed by atoms with E-state index in [1.807, 2.05) is 37.1 Å². The van der Waals surface area contributed by atoms with Gasteiger partial charge in [0.1, 0.15) is 0 Å². The lowest BCUT2D eigenvalue weighted by atomic mass is 10.3. The van der Waals surface area contributed by atoms with Crippen molar-refractivity contribution >= 4 is 12.0 Å². The van der Waals surface area contributed by atoms with Crippen LogP contribution in [0, 0.1) is 0 Å². The quantitative estimate of drug-likeness (QED) is 0.814. The number of nitrogens with zero attached hydrogens (tertiary/aromatic N) is 4. The minimum atomic E-state index is -0.144. The third-order valence-electron chi connectivity index (χ3n) is 2.62. The first-order valence-corrected chi connectivity index (χ1v) is 6.14. The highest BCUT2D eigenvalue weighted by molar-refractivity contribution is 5.91. The van der Waals surface area contributed by atoms with E-state index in [2.05, 4.69) is 15.5 Å². The van der Waals surface area contributed by atoms with Gasteiger partial charge in [-0.25, -0.2) is 0 Å². The molecule has 0 aliphatic carbocycles. The number of aromatic nitrogens is 4. The van der Waals surface area contributed by atoms with E-state index < -0.39 is 0 Å². The molecule has 100 valence electrons. The molecule has 0 aliphatic heterocycles. The van der Waals surface area contributed by atoms with E-state index in [0.29, 0.717) is 6.54 Å². The monoisotopic (exact) mass is 259 g/mol. The van der Waals surface area contributed by atoms with Gasteiger partial charge in [0.05, 0.1) is 18.4 Å². The molecule has 0 spiro atoms. The first-order valence-electron chi connectivity index (χ1n) is 6.14. The van der Waals surface area contributed by atoms with Gasteiger partial charge in [-0.2, -0.15) is 10.2 Å². The van der Waals surface area contributed by atoms with Gasteiger partial charge < -0.3 is 5.32 Å². The molecule has 2 rings (SSSR count). The van der Waals surface area contributed by atoms with E-state index >= 15 is 0 Å². The third kappa shape index (κ3) is 3.80. The molecule has 1 N–H and O–H groups in total. The molecule has 2 aromatic rings. The molecule has 0 unspecified atom stereocenters. The van der Waals surface area contributed by atoms with Crippen LogP contribution in [-0.2, 0) is 24.9 Å². The number of aryl methyl sites for hydroxylation is 2. The standard InChI is InChI=1S/C13H17N5O/c1-3-18-7-6-12(16-18)9-14-13(19)5-4-11-8-15-17(2)10-11/h4-8,10H,3,9H2,1-2H3,(H,14,19)/b5-4+.